The normalized spacial score (nSPS) is 11.4. The number of rotatable bonds is 9. The monoisotopic (exact) mass is 549 g/mol. The van der Waals surface area contributed by atoms with E-state index >= 15 is 0 Å². The van der Waals surface area contributed by atoms with E-state index in [-0.39, 0.29) is 34.2 Å². The van der Waals surface area contributed by atoms with Crippen molar-refractivity contribution in [2.75, 3.05) is 17.7 Å². The number of primary amides is 1. The van der Waals surface area contributed by atoms with Crippen LogP contribution in [0, 0.1) is 5.82 Å². The van der Waals surface area contributed by atoms with Crippen molar-refractivity contribution in [2.45, 2.75) is 12.6 Å². The third kappa shape index (κ3) is 5.96. The molecule has 0 unspecified atom stereocenters. The van der Waals surface area contributed by atoms with Crippen LogP contribution in [-0.2, 0) is 11.3 Å². The van der Waals surface area contributed by atoms with Crippen molar-refractivity contribution in [2.24, 2.45) is 5.73 Å². The second-order valence-corrected chi connectivity index (χ2v) is 9.12. The first-order valence-electron chi connectivity index (χ1n) is 11.5. The molecule has 1 aromatic heterocycles. The van der Waals surface area contributed by atoms with Crippen LogP contribution >= 0.6 is 11.5 Å². The molecule has 1 atom stereocenters. The fourth-order valence-corrected chi connectivity index (χ4v) is 4.57. The topological polar surface area (TPSA) is 161 Å². The maximum Gasteiger partial charge on any atom is 0.273 e. The third-order valence-electron chi connectivity index (χ3n) is 5.82. The van der Waals surface area contributed by atoms with E-state index in [0.29, 0.717) is 22.8 Å². The number of hydrogen-bond donors (Lipinski definition) is 4. The number of amides is 3. The lowest BCUT2D eigenvalue weighted by molar-refractivity contribution is -0.122. The van der Waals surface area contributed by atoms with Gasteiger partial charge in [-0.05, 0) is 71.2 Å². The molecule has 0 aliphatic carbocycles. The molecular weight excluding hydrogens is 525 g/mol. The fraction of sp³-hybridized carbons (Fsp3) is 0.111. The summed E-state index contributed by atoms with van der Waals surface area (Å²) in [6.45, 7) is 0.122. The minimum absolute atomic E-state index is 0.0476. The predicted octanol–water partition coefficient (Wildman–Crippen LogP) is 3.38. The summed E-state index contributed by atoms with van der Waals surface area (Å²) in [5.74, 6) is -2.20. The number of anilines is 2. The van der Waals surface area contributed by atoms with Crippen LogP contribution in [0.2, 0.25) is 0 Å². The maximum absolute atomic E-state index is 13.9. The molecule has 3 amide bonds. The van der Waals surface area contributed by atoms with Gasteiger partial charge in [-0.15, -0.1) is 0 Å². The van der Waals surface area contributed by atoms with Crippen LogP contribution in [0.3, 0.4) is 0 Å². The number of hydrogen-bond acceptors (Lipinski definition) is 8. The largest absolute Gasteiger partial charge is 0.508 e. The molecule has 12 heteroatoms. The van der Waals surface area contributed by atoms with Crippen LogP contribution in [0.4, 0.5) is 15.8 Å². The number of methoxy groups -OCH3 is 1. The Balaban J connectivity index is 1.78. The number of nitrogens with two attached hydrogens (primary N) is 2. The Hall–Kier alpha value is -4.97. The van der Waals surface area contributed by atoms with E-state index in [2.05, 4.69) is 9.69 Å². The van der Waals surface area contributed by atoms with E-state index in [1.807, 2.05) is 0 Å². The zero-order valence-corrected chi connectivity index (χ0v) is 21.4. The molecule has 200 valence electrons. The van der Waals surface area contributed by atoms with Gasteiger partial charge in [-0.2, -0.15) is 4.37 Å². The van der Waals surface area contributed by atoms with Gasteiger partial charge in [-0.25, -0.2) is 4.39 Å². The number of aromatic hydroxyl groups is 1. The van der Waals surface area contributed by atoms with Gasteiger partial charge in [0.1, 0.15) is 28.2 Å². The Labute approximate surface area is 226 Å². The number of benzene rings is 3. The molecule has 3 aromatic carbocycles. The van der Waals surface area contributed by atoms with Crippen LogP contribution in [0.5, 0.6) is 11.5 Å². The number of phenols is 1. The molecule has 0 radical (unpaired) electrons. The van der Waals surface area contributed by atoms with Gasteiger partial charge >= 0.3 is 0 Å². The van der Waals surface area contributed by atoms with Gasteiger partial charge in [-0.3, -0.25) is 19.3 Å². The Bertz CT molecular complexity index is 1490. The molecule has 0 bridgehead atoms. The molecule has 39 heavy (non-hydrogen) atoms. The summed E-state index contributed by atoms with van der Waals surface area (Å²) in [6, 6.07) is 16.4. The zero-order chi connectivity index (χ0) is 28.1. The van der Waals surface area contributed by atoms with Crippen LogP contribution < -0.4 is 26.4 Å². The van der Waals surface area contributed by atoms with Crippen molar-refractivity contribution >= 4 is 40.6 Å². The molecule has 4 aromatic rings. The van der Waals surface area contributed by atoms with Crippen LogP contribution in [-0.4, -0.2) is 34.3 Å². The number of phenolic OH excluding ortho intramolecular Hbond substituents is 1. The highest BCUT2D eigenvalue weighted by Crippen LogP contribution is 2.34. The minimum Gasteiger partial charge on any atom is -0.508 e. The summed E-state index contributed by atoms with van der Waals surface area (Å²) in [6.07, 6.45) is 0. The molecule has 0 saturated heterocycles. The molecule has 0 spiro atoms. The molecule has 1 heterocycles. The smallest absolute Gasteiger partial charge is 0.273 e. The highest BCUT2D eigenvalue weighted by Gasteiger charge is 2.36. The number of halogens is 1. The summed E-state index contributed by atoms with van der Waals surface area (Å²) >= 11 is 0.655. The lowest BCUT2D eigenvalue weighted by Gasteiger charge is -2.31. The Kier molecular flexibility index (Phi) is 8.06. The number of aromatic nitrogens is 1. The molecule has 4 rings (SSSR count). The van der Waals surface area contributed by atoms with Crippen LogP contribution in [0.1, 0.15) is 37.3 Å². The van der Waals surface area contributed by atoms with E-state index in [4.69, 9.17) is 16.2 Å². The average molecular weight is 550 g/mol. The minimum atomic E-state index is -1.29. The number of carbonyl (C=O) groups is 3. The second-order valence-electron chi connectivity index (χ2n) is 8.35. The molecular formula is C27H24FN5O5S. The average Bonchev–Trinajstić information content (AvgIpc) is 3.33. The first-order chi connectivity index (χ1) is 18.7. The van der Waals surface area contributed by atoms with Gasteiger partial charge in [0.2, 0.25) is 5.91 Å². The first-order valence-corrected chi connectivity index (χ1v) is 12.3. The van der Waals surface area contributed by atoms with Gasteiger partial charge in [-0.1, -0.05) is 24.3 Å². The summed E-state index contributed by atoms with van der Waals surface area (Å²) < 4.78 is 22.9. The lowest BCUT2D eigenvalue weighted by atomic mass is 10.0. The third-order valence-corrected chi connectivity index (χ3v) is 6.67. The molecule has 0 aliphatic heterocycles. The van der Waals surface area contributed by atoms with Crippen LogP contribution in [0.15, 0.2) is 72.8 Å². The number of nitrogen functional groups attached to an aromatic ring is 1. The quantitative estimate of drug-likeness (QED) is 0.249. The number of nitrogens with zero attached hydrogens (tertiary/aromatic N) is 2. The van der Waals surface area contributed by atoms with Gasteiger partial charge in [0.25, 0.3) is 11.8 Å². The van der Waals surface area contributed by atoms with Crippen molar-refractivity contribution in [3.63, 3.8) is 0 Å². The van der Waals surface area contributed by atoms with Crippen LogP contribution in [0.25, 0.3) is 0 Å². The molecule has 0 saturated carbocycles. The predicted molar refractivity (Wildman–Crippen MR) is 144 cm³/mol. The van der Waals surface area contributed by atoms with Gasteiger partial charge in [0, 0.05) is 12.2 Å². The standard InChI is InChI=1S/C27H24FN5O5S/c1-38-20-12-2-15(3-13-20)14-31-26(36)23(16-4-10-19(34)11-5-16)33(18-8-6-17(28)7-9-18)27(37)24-21(29)22(25(30)35)32-39-24/h2-13,23,34H,14,29H2,1H3,(H2,30,35)(H,31,36)/t23-/m0/s1. The van der Waals surface area contributed by atoms with Crippen molar-refractivity contribution in [1.82, 2.24) is 9.69 Å². The highest BCUT2D eigenvalue weighted by molar-refractivity contribution is 7.09. The number of nitrogens with one attached hydrogen (secondary N) is 1. The summed E-state index contributed by atoms with van der Waals surface area (Å²) in [5.41, 5.74) is 12.1. The van der Waals surface area contributed by atoms with E-state index in [9.17, 15) is 23.9 Å². The Morgan fingerprint density at radius 2 is 1.69 bits per heavy atom. The van der Waals surface area contributed by atoms with E-state index in [0.717, 1.165) is 22.6 Å². The van der Waals surface area contributed by atoms with Crippen molar-refractivity contribution in [3.05, 3.63) is 100 Å². The Morgan fingerprint density at radius 1 is 1.05 bits per heavy atom. The maximum atomic E-state index is 13.9. The molecule has 0 aliphatic rings. The molecule has 6 N–H and O–H groups in total. The number of carbonyl (C=O) groups excluding carboxylic acids is 3. The lowest BCUT2D eigenvalue weighted by Crippen LogP contribution is -2.44. The van der Waals surface area contributed by atoms with Crippen molar-refractivity contribution in [1.29, 1.82) is 0 Å². The zero-order valence-electron chi connectivity index (χ0n) is 20.6. The van der Waals surface area contributed by atoms with Gasteiger partial charge in [0.15, 0.2) is 5.69 Å². The molecule has 10 nitrogen and oxygen atoms in total. The van der Waals surface area contributed by atoms with E-state index in [1.54, 1.807) is 31.4 Å². The SMILES string of the molecule is COc1ccc(CNC(=O)[C@H](c2ccc(O)cc2)N(C(=O)c2snc(C(N)=O)c2N)c2ccc(F)cc2)cc1. The number of ether oxygens (including phenoxy) is 1. The highest BCUT2D eigenvalue weighted by atomic mass is 32.1. The summed E-state index contributed by atoms with van der Waals surface area (Å²) in [4.78, 5) is 40.4. The summed E-state index contributed by atoms with van der Waals surface area (Å²) in [5, 5.41) is 12.7. The van der Waals surface area contributed by atoms with Crippen molar-refractivity contribution in [3.8, 4) is 11.5 Å². The van der Waals surface area contributed by atoms with E-state index < -0.39 is 29.6 Å². The second kappa shape index (κ2) is 11.6. The van der Waals surface area contributed by atoms with Gasteiger partial charge < -0.3 is 26.6 Å². The van der Waals surface area contributed by atoms with Gasteiger partial charge in [0.05, 0.1) is 12.8 Å². The fourth-order valence-electron chi connectivity index (χ4n) is 3.83. The summed E-state index contributed by atoms with van der Waals surface area (Å²) in [7, 11) is 1.54. The Morgan fingerprint density at radius 3 is 2.26 bits per heavy atom. The van der Waals surface area contributed by atoms with E-state index in [1.165, 1.54) is 36.4 Å². The first kappa shape index (κ1) is 27.1. The van der Waals surface area contributed by atoms with Crippen molar-refractivity contribution < 1.29 is 28.6 Å². The molecule has 0 fully saturated rings.